The van der Waals surface area contributed by atoms with Gasteiger partial charge in [0.15, 0.2) is 5.82 Å². The molecule has 0 aromatic carbocycles. The van der Waals surface area contributed by atoms with Crippen molar-refractivity contribution >= 4 is 5.97 Å². The number of likely N-dealkylation sites (N-methyl/N-ethyl adjacent to an activating group) is 1. The zero-order valence-corrected chi connectivity index (χ0v) is 9.22. The summed E-state index contributed by atoms with van der Waals surface area (Å²) >= 11 is 0. The minimum Gasteiger partial charge on any atom is -0.481 e. The molecule has 1 aromatic heterocycles. The molecule has 88 valence electrons. The highest BCUT2D eigenvalue weighted by molar-refractivity contribution is 5.68. The monoisotopic (exact) mass is 225 g/mol. The molecule has 1 N–H and O–H groups in total. The van der Waals surface area contributed by atoms with Gasteiger partial charge in [-0.05, 0) is 26.4 Å². The molecule has 1 atom stereocenters. The predicted molar refractivity (Wildman–Crippen MR) is 55.0 cm³/mol. The van der Waals surface area contributed by atoms with Crippen LogP contribution >= 0.6 is 0 Å². The van der Waals surface area contributed by atoms with E-state index >= 15 is 0 Å². The molecule has 0 aliphatic carbocycles. The number of carbonyl (C=O) groups is 1. The van der Waals surface area contributed by atoms with E-state index in [9.17, 15) is 4.79 Å². The maximum Gasteiger partial charge on any atom is 0.311 e. The lowest BCUT2D eigenvalue weighted by Crippen LogP contribution is -2.26. The van der Waals surface area contributed by atoms with E-state index in [2.05, 4.69) is 22.1 Å². The van der Waals surface area contributed by atoms with Crippen molar-refractivity contribution in [3.63, 3.8) is 0 Å². The largest absolute Gasteiger partial charge is 0.481 e. The molecule has 1 fully saturated rings. The summed E-state index contributed by atoms with van der Waals surface area (Å²) in [7, 11) is 2.08. The summed E-state index contributed by atoms with van der Waals surface area (Å²) in [5.74, 6) is -0.150. The van der Waals surface area contributed by atoms with Crippen LogP contribution < -0.4 is 0 Å². The second-order valence-corrected chi connectivity index (χ2v) is 4.16. The van der Waals surface area contributed by atoms with E-state index in [1.807, 2.05) is 0 Å². The fourth-order valence-electron chi connectivity index (χ4n) is 2.02. The summed E-state index contributed by atoms with van der Waals surface area (Å²) < 4.78 is 5.02. The van der Waals surface area contributed by atoms with Gasteiger partial charge in [-0.3, -0.25) is 4.79 Å². The summed E-state index contributed by atoms with van der Waals surface area (Å²) in [6, 6.07) is 0.443. The molecule has 6 nitrogen and oxygen atoms in total. The number of hydrogen-bond donors (Lipinski definition) is 1. The first-order valence-corrected chi connectivity index (χ1v) is 5.38. The third kappa shape index (κ3) is 2.57. The van der Waals surface area contributed by atoms with E-state index < -0.39 is 5.97 Å². The number of rotatable bonds is 4. The van der Waals surface area contributed by atoms with Gasteiger partial charge in [-0.1, -0.05) is 5.16 Å². The molecule has 6 heteroatoms. The number of aromatic nitrogens is 2. The molecular formula is C10H15N3O3. The molecule has 0 bridgehead atoms. The first kappa shape index (κ1) is 11.1. The van der Waals surface area contributed by atoms with Gasteiger partial charge >= 0.3 is 5.97 Å². The molecule has 1 aliphatic rings. The van der Waals surface area contributed by atoms with E-state index in [-0.39, 0.29) is 12.2 Å². The Bertz CT molecular complexity index is 377. The molecule has 2 heterocycles. The lowest BCUT2D eigenvalue weighted by atomic mass is 10.1. The number of likely N-dealkylation sites (tertiary alicyclic amines) is 1. The van der Waals surface area contributed by atoms with E-state index in [1.54, 1.807) is 0 Å². The van der Waals surface area contributed by atoms with Gasteiger partial charge < -0.3 is 14.5 Å². The average Bonchev–Trinajstić information content (AvgIpc) is 2.77. The Hall–Kier alpha value is -1.43. The normalized spacial score (nSPS) is 21.4. The zero-order valence-electron chi connectivity index (χ0n) is 9.22. The fourth-order valence-corrected chi connectivity index (χ4v) is 2.02. The Morgan fingerprint density at radius 3 is 3.12 bits per heavy atom. The highest BCUT2D eigenvalue weighted by Gasteiger charge is 2.23. The van der Waals surface area contributed by atoms with Gasteiger partial charge in [0, 0.05) is 12.5 Å². The van der Waals surface area contributed by atoms with Crippen molar-refractivity contribution < 1.29 is 14.4 Å². The summed E-state index contributed by atoms with van der Waals surface area (Å²) in [6.45, 7) is 1.10. The van der Waals surface area contributed by atoms with Crippen molar-refractivity contribution in [2.45, 2.75) is 31.7 Å². The molecule has 0 amide bonds. The highest BCUT2D eigenvalue weighted by atomic mass is 16.5. The lowest BCUT2D eigenvalue weighted by molar-refractivity contribution is -0.136. The topological polar surface area (TPSA) is 79.5 Å². The van der Waals surface area contributed by atoms with Gasteiger partial charge in [0.2, 0.25) is 5.89 Å². The average molecular weight is 225 g/mol. The minimum absolute atomic E-state index is 0.177. The van der Waals surface area contributed by atoms with Crippen LogP contribution in [0.3, 0.4) is 0 Å². The van der Waals surface area contributed by atoms with Crippen LogP contribution in [0.15, 0.2) is 4.52 Å². The van der Waals surface area contributed by atoms with Crippen molar-refractivity contribution in [3.05, 3.63) is 11.7 Å². The van der Waals surface area contributed by atoms with Crippen molar-refractivity contribution in [1.82, 2.24) is 15.0 Å². The minimum atomic E-state index is -0.940. The number of hydrogen-bond acceptors (Lipinski definition) is 5. The lowest BCUT2D eigenvalue weighted by Gasteiger charge is -2.16. The van der Waals surface area contributed by atoms with E-state index in [1.165, 1.54) is 6.42 Å². The van der Waals surface area contributed by atoms with E-state index in [0.29, 0.717) is 18.4 Å². The second kappa shape index (κ2) is 4.61. The van der Waals surface area contributed by atoms with Gasteiger partial charge in [0.1, 0.15) is 6.42 Å². The van der Waals surface area contributed by atoms with Gasteiger partial charge in [-0.2, -0.15) is 4.98 Å². The number of aliphatic carboxylic acids is 1. The van der Waals surface area contributed by atoms with Gasteiger partial charge in [-0.25, -0.2) is 0 Å². The molecule has 0 spiro atoms. The van der Waals surface area contributed by atoms with Crippen LogP contribution in [0.4, 0.5) is 0 Å². The van der Waals surface area contributed by atoms with Crippen LogP contribution in [0.5, 0.6) is 0 Å². The first-order valence-electron chi connectivity index (χ1n) is 5.38. The van der Waals surface area contributed by atoms with Gasteiger partial charge in [0.05, 0.1) is 0 Å². The number of nitrogens with zero attached hydrogens (tertiary/aromatic N) is 3. The third-order valence-corrected chi connectivity index (χ3v) is 2.90. The van der Waals surface area contributed by atoms with Crippen LogP contribution in [-0.2, 0) is 17.6 Å². The molecule has 1 aliphatic heterocycles. The van der Waals surface area contributed by atoms with E-state index in [0.717, 1.165) is 13.0 Å². The number of carboxylic acids is 1. The standard InChI is InChI=1S/C10H15N3O3/c1-13-4-2-3-7(13)5-9-11-8(12-16-9)6-10(14)15/h7H,2-6H2,1H3,(H,14,15). The van der Waals surface area contributed by atoms with Crippen LogP contribution in [0.2, 0.25) is 0 Å². The van der Waals surface area contributed by atoms with Gasteiger partial charge in [0.25, 0.3) is 0 Å². The fraction of sp³-hybridized carbons (Fsp3) is 0.700. The molecule has 1 aromatic rings. The number of carboxylic acid groups (broad SMARTS) is 1. The molecule has 1 saturated heterocycles. The van der Waals surface area contributed by atoms with Crippen LogP contribution in [-0.4, -0.2) is 45.8 Å². The first-order chi connectivity index (χ1) is 7.65. The molecular weight excluding hydrogens is 210 g/mol. The Balaban J connectivity index is 1.94. The Morgan fingerprint density at radius 2 is 2.50 bits per heavy atom. The van der Waals surface area contributed by atoms with Crippen LogP contribution in [0.25, 0.3) is 0 Å². The summed E-state index contributed by atoms with van der Waals surface area (Å²) in [5, 5.41) is 12.2. The molecule has 16 heavy (non-hydrogen) atoms. The van der Waals surface area contributed by atoms with Crippen molar-refractivity contribution in [2.24, 2.45) is 0 Å². The Labute approximate surface area is 93.2 Å². The molecule has 1 unspecified atom stereocenters. The summed E-state index contributed by atoms with van der Waals surface area (Å²) in [4.78, 5) is 16.8. The van der Waals surface area contributed by atoms with Crippen molar-refractivity contribution in [3.8, 4) is 0 Å². The third-order valence-electron chi connectivity index (χ3n) is 2.90. The SMILES string of the molecule is CN1CCCC1Cc1nc(CC(=O)O)no1. The Kier molecular flexibility index (Phi) is 3.19. The Morgan fingerprint density at radius 1 is 1.69 bits per heavy atom. The van der Waals surface area contributed by atoms with Crippen LogP contribution in [0.1, 0.15) is 24.6 Å². The predicted octanol–water partition coefficient (Wildman–Crippen LogP) is 0.333. The summed E-state index contributed by atoms with van der Waals surface area (Å²) in [6.07, 6.45) is 2.86. The van der Waals surface area contributed by atoms with Crippen molar-refractivity contribution in [1.29, 1.82) is 0 Å². The zero-order chi connectivity index (χ0) is 11.5. The van der Waals surface area contributed by atoms with Crippen molar-refractivity contribution in [2.75, 3.05) is 13.6 Å². The maximum absolute atomic E-state index is 10.4. The molecule has 0 radical (unpaired) electrons. The molecule has 0 saturated carbocycles. The highest BCUT2D eigenvalue weighted by Crippen LogP contribution is 2.18. The summed E-state index contributed by atoms with van der Waals surface area (Å²) in [5.41, 5.74) is 0. The smallest absolute Gasteiger partial charge is 0.311 e. The quantitative estimate of drug-likeness (QED) is 0.795. The van der Waals surface area contributed by atoms with Gasteiger partial charge in [-0.15, -0.1) is 0 Å². The van der Waals surface area contributed by atoms with Crippen LogP contribution in [0, 0.1) is 0 Å². The van der Waals surface area contributed by atoms with E-state index in [4.69, 9.17) is 9.63 Å². The molecule has 2 rings (SSSR count). The maximum atomic E-state index is 10.4. The second-order valence-electron chi connectivity index (χ2n) is 4.16.